The van der Waals surface area contributed by atoms with Crippen LogP contribution in [0.25, 0.3) is 0 Å². The van der Waals surface area contributed by atoms with Crippen molar-refractivity contribution < 1.29 is 0 Å². The summed E-state index contributed by atoms with van der Waals surface area (Å²) in [5.41, 5.74) is 1.35. The van der Waals surface area contributed by atoms with Crippen LogP contribution in [-0.4, -0.2) is 16.7 Å². The number of aliphatic imine (C=N–C) groups is 1. The number of halogens is 1. The molecule has 0 aromatic heterocycles. The van der Waals surface area contributed by atoms with Crippen LogP contribution in [0.5, 0.6) is 0 Å². The summed E-state index contributed by atoms with van der Waals surface area (Å²) in [6.07, 6.45) is 0. The summed E-state index contributed by atoms with van der Waals surface area (Å²) in [5.74, 6) is 2.17. The molecule has 0 saturated heterocycles. The van der Waals surface area contributed by atoms with E-state index in [2.05, 4.69) is 45.2 Å². The zero-order chi connectivity index (χ0) is 9.80. The highest BCUT2D eigenvalue weighted by Crippen LogP contribution is 2.25. The molecule has 0 atom stereocenters. The molecule has 0 saturated carbocycles. The number of nitrogens with zero attached hydrogens (tertiary/aromatic N) is 1. The van der Waals surface area contributed by atoms with Gasteiger partial charge in [0.15, 0.2) is 0 Å². The van der Waals surface area contributed by atoms with Gasteiger partial charge in [-0.2, -0.15) is 0 Å². The van der Waals surface area contributed by atoms with Crippen LogP contribution in [0.15, 0.2) is 33.7 Å². The van der Waals surface area contributed by atoms with Gasteiger partial charge in [0.05, 0.1) is 6.54 Å². The highest BCUT2D eigenvalue weighted by atomic mass is 79.9. The molecule has 0 N–H and O–H groups in total. The van der Waals surface area contributed by atoms with Gasteiger partial charge in [-0.1, -0.05) is 51.6 Å². The van der Waals surface area contributed by atoms with Crippen LogP contribution in [-0.2, 0) is 5.75 Å². The van der Waals surface area contributed by atoms with Gasteiger partial charge < -0.3 is 0 Å². The van der Waals surface area contributed by atoms with Crippen LogP contribution in [0.1, 0.15) is 5.56 Å². The smallest absolute Gasteiger partial charge is 0.124 e. The molecule has 0 radical (unpaired) electrons. The first-order valence-corrected chi connectivity index (χ1v) is 7.15. The van der Waals surface area contributed by atoms with E-state index >= 15 is 0 Å². The van der Waals surface area contributed by atoms with Crippen molar-refractivity contribution in [3.63, 3.8) is 0 Å². The quantitative estimate of drug-likeness (QED) is 0.821. The molecule has 0 fully saturated rings. The summed E-state index contributed by atoms with van der Waals surface area (Å²) in [5, 5.41) is 0. The van der Waals surface area contributed by atoms with Crippen molar-refractivity contribution in [2.45, 2.75) is 5.75 Å². The van der Waals surface area contributed by atoms with Crippen molar-refractivity contribution in [1.29, 1.82) is 0 Å². The molecule has 1 heterocycles. The van der Waals surface area contributed by atoms with Gasteiger partial charge in [-0.3, -0.25) is 4.99 Å². The SMILES string of the molecule is Brc1cccc(CSC2=NCCS2)c1. The Morgan fingerprint density at radius 2 is 2.43 bits per heavy atom. The van der Waals surface area contributed by atoms with E-state index in [9.17, 15) is 0 Å². The molecule has 4 heteroatoms. The molecule has 1 aromatic rings. The minimum Gasteiger partial charge on any atom is -0.271 e. The zero-order valence-electron chi connectivity index (χ0n) is 7.57. The lowest BCUT2D eigenvalue weighted by atomic mass is 10.2. The topological polar surface area (TPSA) is 12.4 Å². The predicted molar refractivity (Wildman–Crippen MR) is 70.2 cm³/mol. The Kier molecular flexibility index (Phi) is 3.96. The first kappa shape index (κ1) is 10.6. The molecular formula is C10H10BrNS2. The Morgan fingerprint density at radius 1 is 1.50 bits per heavy atom. The molecule has 1 nitrogen and oxygen atoms in total. The fourth-order valence-electron chi connectivity index (χ4n) is 1.17. The van der Waals surface area contributed by atoms with Gasteiger partial charge in [-0.25, -0.2) is 0 Å². The average Bonchev–Trinajstić information content (AvgIpc) is 2.67. The van der Waals surface area contributed by atoms with E-state index in [1.54, 1.807) is 0 Å². The molecule has 1 aliphatic rings. The minimum atomic E-state index is 0.992. The average molecular weight is 288 g/mol. The van der Waals surface area contributed by atoms with E-state index in [0.29, 0.717) is 0 Å². The summed E-state index contributed by atoms with van der Waals surface area (Å²) in [7, 11) is 0. The summed E-state index contributed by atoms with van der Waals surface area (Å²) >= 11 is 7.18. The molecule has 0 amide bonds. The lowest BCUT2D eigenvalue weighted by Gasteiger charge is -2.01. The number of rotatable bonds is 2. The fourth-order valence-corrected chi connectivity index (χ4v) is 3.57. The second kappa shape index (κ2) is 5.24. The maximum atomic E-state index is 4.40. The van der Waals surface area contributed by atoms with Crippen LogP contribution >= 0.6 is 39.5 Å². The van der Waals surface area contributed by atoms with Crippen molar-refractivity contribution in [1.82, 2.24) is 0 Å². The van der Waals surface area contributed by atoms with Crippen LogP contribution < -0.4 is 0 Å². The summed E-state index contributed by atoms with van der Waals surface area (Å²) in [4.78, 5) is 4.40. The third-order valence-corrected chi connectivity index (χ3v) is 4.63. The maximum absolute atomic E-state index is 4.40. The second-order valence-corrected chi connectivity index (χ2v) is 6.14. The molecule has 1 aliphatic heterocycles. The minimum absolute atomic E-state index is 0.992. The highest BCUT2D eigenvalue weighted by molar-refractivity contribution is 9.10. The molecule has 0 spiro atoms. The van der Waals surface area contributed by atoms with Gasteiger partial charge >= 0.3 is 0 Å². The highest BCUT2D eigenvalue weighted by Gasteiger charge is 2.07. The first-order chi connectivity index (χ1) is 6.84. The monoisotopic (exact) mass is 287 g/mol. The van der Waals surface area contributed by atoms with Crippen LogP contribution in [0.2, 0.25) is 0 Å². The van der Waals surface area contributed by atoms with E-state index in [0.717, 1.165) is 22.5 Å². The summed E-state index contributed by atoms with van der Waals surface area (Å²) in [6.45, 7) is 0.992. The molecule has 14 heavy (non-hydrogen) atoms. The normalized spacial score (nSPS) is 15.6. The van der Waals surface area contributed by atoms with Crippen LogP contribution in [0.3, 0.4) is 0 Å². The first-order valence-electron chi connectivity index (χ1n) is 4.39. The molecular weight excluding hydrogens is 278 g/mol. The Balaban J connectivity index is 1.91. The molecule has 0 bridgehead atoms. The Morgan fingerprint density at radius 3 is 3.14 bits per heavy atom. The van der Waals surface area contributed by atoms with Gasteiger partial charge in [-0.05, 0) is 17.7 Å². The van der Waals surface area contributed by atoms with Crippen molar-refractivity contribution >= 4 is 43.8 Å². The molecule has 1 aromatic carbocycles. The molecule has 74 valence electrons. The van der Waals surface area contributed by atoms with Gasteiger partial charge in [0.2, 0.25) is 0 Å². The lowest BCUT2D eigenvalue weighted by Crippen LogP contribution is -1.84. The summed E-state index contributed by atoms with van der Waals surface area (Å²) < 4.78 is 2.39. The zero-order valence-corrected chi connectivity index (χ0v) is 10.8. The van der Waals surface area contributed by atoms with Crippen LogP contribution in [0.4, 0.5) is 0 Å². The number of thioether (sulfide) groups is 2. The van der Waals surface area contributed by atoms with Crippen molar-refractivity contribution in [2.24, 2.45) is 4.99 Å². The van der Waals surface area contributed by atoms with Crippen molar-refractivity contribution in [2.75, 3.05) is 12.3 Å². The maximum Gasteiger partial charge on any atom is 0.124 e. The fraction of sp³-hybridized carbons (Fsp3) is 0.300. The standard InChI is InChI=1S/C10H10BrNS2/c11-9-3-1-2-8(6-9)7-14-10-12-4-5-13-10/h1-3,6H,4-5,7H2. The molecule has 2 rings (SSSR count). The van der Waals surface area contributed by atoms with Gasteiger partial charge in [0.25, 0.3) is 0 Å². The largest absolute Gasteiger partial charge is 0.271 e. The van der Waals surface area contributed by atoms with E-state index in [4.69, 9.17) is 0 Å². The van der Waals surface area contributed by atoms with E-state index in [-0.39, 0.29) is 0 Å². The third-order valence-electron chi connectivity index (χ3n) is 1.81. The Bertz CT molecular complexity index is 352. The van der Waals surface area contributed by atoms with Gasteiger partial charge in [0.1, 0.15) is 4.38 Å². The van der Waals surface area contributed by atoms with E-state index < -0.39 is 0 Å². The van der Waals surface area contributed by atoms with E-state index in [1.807, 2.05) is 23.5 Å². The Hall–Kier alpha value is 0.0700. The van der Waals surface area contributed by atoms with Gasteiger partial charge in [-0.15, -0.1) is 0 Å². The van der Waals surface area contributed by atoms with Crippen molar-refractivity contribution in [3.8, 4) is 0 Å². The lowest BCUT2D eigenvalue weighted by molar-refractivity contribution is 1.18. The predicted octanol–water partition coefficient (Wildman–Crippen LogP) is 3.79. The van der Waals surface area contributed by atoms with E-state index in [1.165, 1.54) is 9.94 Å². The number of hydrogen-bond donors (Lipinski definition) is 0. The number of benzene rings is 1. The second-order valence-electron chi connectivity index (χ2n) is 2.91. The molecule has 0 unspecified atom stereocenters. The van der Waals surface area contributed by atoms with Crippen LogP contribution in [0, 0.1) is 0 Å². The van der Waals surface area contributed by atoms with Gasteiger partial charge in [0, 0.05) is 16.0 Å². The summed E-state index contributed by atoms with van der Waals surface area (Å²) in [6, 6.07) is 8.44. The number of hydrogen-bond acceptors (Lipinski definition) is 3. The third kappa shape index (κ3) is 3.04. The van der Waals surface area contributed by atoms with Crippen molar-refractivity contribution in [3.05, 3.63) is 34.3 Å². The Labute approximate surface area is 101 Å². The molecule has 0 aliphatic carbocycles.